The van der Waals surface area contributed by atoms with E-state index >= 15 is 0 Å². The smallest absolute Gasteiger partial charge is 0.390 e. The summed E-state index contributed by atoms with van der Waals surface area (Å²) in [6, 6.07) is 7.64. The number of pyridine rings is 1. The monoisotopic (exact) mass is 376 g/mol. The Morgan fingerprint density at radius 2 is 1.88 bits per heavy atom. The minimum atomic E-state index is -4.67. The van der Waals surface area contributed by atoms with Gasteiger partial charge in [-0.25, -0.2) is 13.1 Å². The number of hydrogen-bond acceptors (Lipinski definition) is 4. The van der Waals surface area contributed by atoms with Gasteiger partial charge in [-0.2, -0.15) is 13.2 Å². The maximum Gasteiger partial charge on any atom is 0.416 e. The second kappa shape index (κ2) is 7.38. The van der Waals surface area contributed by atoms with Crippen LogP contribution in [0.15, 0.2) is 58.4 Å². The maximum absolute atomic E-state index is 12.7. The molecule has 0 spiro atoms. The maximum atomic E-state index is 12.7. The average molecular weight is 376 g/mol. The second-order valence-corrected chi connectivity index (χ2v) is 6.99. The fraction of sp³-hybridized carbons (Fsp3) is 0.267. The number of halogens is 3. The minimum Gasteiger partial charge on any atom is -0.390 e. The first kappa shape index (κ1) is 19.2. The van der Waals surface area contributed by atoms with Crippen LogP contribution in [0.25, 0.3) is 0 Å². The van der Waals surface area contributed by atoms with Crippen molar-refractivity contribution in [3.05, 3.63) is 64.6 Å². The molecule has 1 aromatic heterocycles. The highest BCUT2D eigenvalue weighted by atomic mass is 32.2. The fourth-order valence-corrected chi connectivity index (χ4v) is 3.15. The highest BCUT2D eigenvalue weighted by molar-refractivity contribution is 7.89. The average Bonchev–Trinajstić information content (AvgIpc) is 2.55. The Bertz CT molecular complexity index is 894. The number of nitrogens with zero attached hydrogens (tertiary/aromatic N) is 1. The topological polar surface area (TPSA) is 88.4 Å². The second-order valence-electron chi connectivity index (χ2n) is 5.22. The molecule has 0 saturated heterocycles. The number of alkyl halides is 3. The van der Waals surface area contributed by atoms with Crippen molar-refractivity contribution >= 4 is 10.0 Å². The van der Waals surface area contributed by atoms with Crippen LogP contribution in [0.5, 0.6) is 0 Å². The lowest BCUT2D eigenvalue weighted by molar-refractivity contribution is -0.137. The SMILES string of the molecule is O=c1ccccn1CC(O)CNS(=O)(=O)c1cccc(C(F)(F)F)c1. The van der Waals surface area contributed by atoms with E-state index in [-0.39, 0.29) is 12.1 Å². The molecule has 0 aliphatic rings. The highest BCUT2D eigenvalue weighted by Gasteiger charge is 2.31. The third kappa shape index (κ3) is 5.15. The molecule has 10 heteroatoms. The first-order valence-electron chi connectivity index (χ1n) is 7.10. The van der Waals surface area contributed by atoms with Gasteiger partial charge in [0.15, 0.2) is 0 Å². The Balaban J connectivity index is 2.07. The van der Waals surface area contributed by atoms with Crippen molar-refractivity contribution in [3.8, 4) is 0 Å². The molecule has 0 amide bonds. The van der Waals surface area contributed by atoms with Gasteiger partial charge in [0.2, 0.25) is 10.0 Å². The number of aromatic nitrogens is 1. The van der Waals surface area contributed by atoms with Crippen molar-refractivity contribution in [2.75, 3.05) is 6.54 Å². The van der Waals surface area contributed by atoms with E-state index < -0.39 is 39.3 Å². The van der Waals surface area contributed by atoms with Crippen LogP contribution in [0.4, 0.5) is 13.2 Å². The molecule has 136 valence electrons. The summed E-state index contributed by atoms with van der Waals surface area (Å²) in [6.45, 7) is -0.620. The molecule has 1 heterocycles. The number of sulfonamides is 1. The molecular formula is C15H15F3N2O4S. The first-order valence-corrected chi connectivity index (χ1v) is 8.58. The van der Waals surface area contributed by atoms with E-state index in [0.29, 0.717) is 6.07 Å². The lowest BCUT2D eigenvalue weighted by Crippen LogP contribution is -2.36. The van der Waals surface area contributed by atoms with Crippen LogP contribution >= 0.6 is 0 Å². The summed E-state index contributed by atoms with van der Waals surface area (Å²) in [6.07, 6.45) is -4.48. The van der Waals surface area contributed by atoms with Gasteiger partial charge in [0.05, 0.1) is 23.1 Å². The van der Waals surface area contributed by atoms with Crippen molar-refractivity contribution in [3.63, 3.8) is 0 Å². The Labute approximate surface area is 141 Å². The third-order valence-electron chi connectivity index (χ3n) is 3.29. The molecule has 0 aliphatic heterocycles. The predicted octanol–water partition coefficient (Wildman–Crippen LogP) is 1.21. The predicted molar refractivity (Wildman–Crippen MR) is 83.3 cm³/mol. The van der Waals surface area contributed by atoms with E-state index in [2.05, 4.69) is 0 Å². The summed E-state index contributed by atoms with van der Waals surface area (Å²) >= 11 is 0. The third-order valence-corrected chi connectivity index (χ3v) is 4.71. The summed E-state index contributed by atoms with van der Waals surface area (Å²) in [5, 5.41) is 9.85. The first-order chi connectivity index (χ1) is 11.6. The van der Waals surface area contributed by atoms with Gasteiger partial charge in [-0.05, 0) is 24.3 Å². The number of nitrogens with one attached hydrogen (secondary N) is 1. The van der Waals surface area contributed by atoms with Gasteiger partial charge in [0.1, 0.15) is 0 Å². The summed E-state index contributed by atoms with van der Waals surface area (Å²) in [7, 11) is -4.24. The molecule has 2 rings (SSSR count). The molecule has 0 aliphatic carbocycles. The van der Waals surface area contributed by atoms with E-state index in [1.807, 2.05) is 4.72 Å². The van der Waals surface area contributed by atoms with E-state index in [0.717, 1.165) is 18.2 Å². The van der Waals surface area contributed by atoms with Crippen LogP contribution in [-0.4, -0.2) is 30.7 Å². The van der Waals surface area contributed by atoms with Crippen LogP contribution in [-0.2, 0) is 22.7 Å². The summed E-state index contributed by atoms with van der Waals surface area (Å²) in [5.41, 5.74) is -1.46. The van der Waals surface area contributed by atoms with Crippen LogP contribution in [0, 0.1) is 0 Å². The van der Waals surface area contributed by atoms with Crippen LogP contribution in [0.1, 0.15) is 5.56 Å². The molecule has 25 heavy (non-hydrogen) atoms. The van der Waals surface area contributed by atoms with Gasteiger partial charge in [0, 0.05) is 18.8 Å². The molecule has 2 N–H and O–H groups in total. The Kier molecular flexibility index (Phi) is 5.65. The lowest BCUT2D eigenvalue weighted by Gasteiger charge is -2.14. The molecule has 1 unspecified atom stereocenters. The van der Waals surface area contributed by atoms with Gasteiger partial charge < -0.3 is 9.67 Å². The highest BCUT2D eigenvalue weighted by Crippen LogP contribution is 2.30. The van der Waals surface area contributed by atoms with Gasteiger partial charge in [0.25, 0.3) is 5.56 Å². The molecule has 1 aromatic carbocycles. The van der Waals surface area contributed by atoms with E-state index in [9.17, 15) is 31.5 Å². The molecule has 0 saturated carbocycles. The lowest BCUT2D eigenvalue weighted by atomic mass is 10.2. The molecule has 0 fully saturated rings. The van der Waals surface area contributed by atoms with Crippen LogP contribution in [0.3, 0.4) is 0 Å². The molecule has 0 radical (unpaired) electrons. The summed E-state index contributed by atoms with van der Waals surface area (Å²) in [5.74, 6) is 0. The van der Waals surface area contributed by atoms with Gasteiger partial charge in [-0.1, -0.05) is 12.1 Å². The minimum absolute atomic E-state index is 0.162. The number of hydrogen-bond donors (Lipinski definition) is 2. The molecule has 2 aromatic rings. The number of aliphatic hydroxyl groups is 1. The number of rotatable bonds is 6. The molecule has 6 nitrogen and oxygen atoms in total. The fourth-order valence-electron chi connectivity index (χ4n) is 2.03. The Hall–Kier alpha value is -2.17. The zero-order chi connectivity index (χ0) is 18.7. The molecule has 1 atom stereocenters. The van der Waals surface area contributed by atoms with Crippen molar-refractivity contribution in [1.82, 2.24) is 9.29 Å². The Morgan fingerprint density at radius 1 is 1.16 bits per heavy atom. The van der Waals surface area contributed by atoms with E-state index in [1.54, 1.807) is 6.07 Å². The van der Waals surface area contributed by atoms with Crippen molar-refractivity contribution in [2.24, 2.45) is 0 Å². The van der Waals surface area contributed by atoms with Gasteiger partial charge in [-0.3, -0.25) is 4.79 Å². The van der Waals surface area contributed by atoms with E-state index in [1.165, 1.54) is 22.9 Å². The number of benzene rings is 1. The zero-order valence-electron chi connectivity index (χ0n) is 12.8. The zero-order valence-corrected chi connectivity index (χ0v) is 13.6. The van der Waals surface area contributed by atoms with Gasteiger partial charge in [-0.15, -0.1) is 0 Å². The van der Waals surface area contributed by atoms with Crippen molar-refractivity contribution in [2.45, 2.75) is 23.7 Å². The summed E-state index contributed by atoms with van der Waals surface area (Å²) < 4.78 is 65.4. The quantitative estimate of drug-likeness (QED) is 0.793. The Morgan fingerprint density at radius 3 is 2.52 bits per heavy atom. The van der Waals surface area contributed by atoms with Crippen LogP contribution < -0.4 is 10.3 Å². The van der Waals surface area contributed by atoms with Gasteiger partial charge >= 0.3 is 6.18 Å². The normalized spacial score (nSPS) is 13.6. The number of aliphatic hydroxyl groups excluding tert-OH is 1. The van der Waals surface area contributed by atoms with E-state index in [4.69, 9.17) is 0 Å². The largest absolute Gasteiger partial charge is 0.416 e. The van der Waals surface area contributed by atoms with Crippen molar-refractivity contribution in [1.29, 1.82) is 0 Å². The molecular weight excluding hydrogens is 361 g/mol. The van der Waals surface area contributed by atoms with Crippen molar-refractivity contribution < 1.29 is 26.7 Å². The summed E-state index contributed by atoms with van der Waals surface area (Å²) in [4.78, 5) is 11.0. The molecule has 0 bridgehead atoms. The standard InChI is InChI=1S/C15H15F3N2O4S/c16-15(17,18)11-4-3-5-13(8-11)25(23,24)19-9-12(21)10-20-7-2-1-6-14(20)22/h1-8,12,19,21H,9-10H2. The van der Waals surface area contributed by atoms with Crippen LogP contribution in [0.2, 0.25) is 0 Å².